The van der Waals surface area contributed by atoms with Gasteiger partial charge in [0.25, 0.3) is 0 Å². The average Bonchev–Trinajstić information content (AvgIpc) is 2.97. The molecule has 22 heavy (non-hydrogen) atoms. The Morgan fingerprint density at radius 1 is 1.14 bits per heavy atom. The molecule has 0 aliphatic carbocycles. The smallest absolute Gasteiger partial charge is 0.224 e. The quantitative estimate of drug-likeness (QED) is 0.760. The van der Waals surface area contributed by atoms with Crippen molar-refractivity contribution >= 4 is 16.9 Å². The minimum absolute atomic E-state index is 0.0609. The fourth-order valence-corrected chi connectivity index (χ4v) is 2.33. The van der Waals surface area contributed by atoms with Crippen LogP contribution >= 0.6 is 0 Å². The molecule has 0 aliphatic rings. The summed E-state index contributed by atoms with van der Waals surface area (Å²) in [7, 11) is 0. The molecule has 0 radical (unpaired) electrons. The molecular formula is C17H16FN3O. The van der Waals surface area contributed by atoms with E-state index in [1.165, 1.54) is 12.1 Å². The highest BCUT2D eigenvalue weighted by molar-refractivity contribution is 5.78. The second-order valence-electron chi connectivity index (χ2n) is 5.16. The topological polar surface area (TPSA) is 57.8 Å². The van der Waals surface area contributed by atoms with Crippen LogP contribution in [0.15, 0.2) is 48.8 Å². The maximum Gasteiger partial charge on any atom is 0.224 e. The van der Waals surface area contributed by atoms with E-state index in [-0.39, 0.29) is 18.1 Å². The van der Waals surface area contributed by atoms with Crippen molar-refractivity contribution in [1.82, 2.24) is 15.3 Å². The van der Waals surface area contributed by atoms with Crippen molar-refractivity contribution in [1.29, 1.82) is 0 Å². The lowest BCUT2D eigenvalue weighted by Crippen LogP contribution is -2.27. The number of carbonyl (C=O) groups is 1. The number of aromatic nitrogens is 2. The van der Waals surface area contributed by atoms with E-state index in [2.05, 4.69) is 15.3 Å². The second-order valence-corrected chi connectivity index (χ2v) is 5.16. The van der Waals surface area contributed by atoms with E-state index in [9.17, 15) is 9.18 Å². The van der Waals surface area contributed by atoms with Crippen LogP contribution in [-0.2, 0) is 17.6 Å². The molecule has 2 aromatic carbocycles. The number of amides is 1. The highest BCUT2D eigenvalue weighted by atomic mass is 19.1. The summed E-state index contributed by atoms with van der Waals surface area (Å²) < 4.78 is 12.8. The van der Waals surface area contributed by atoms with Crippen molar-refractivity contribution in [2.75, 3.05) is 6.54 Å². The maximum absolute atomic E-state index is 12.8. The van der Waals surface area contributed by atoms with Crippen molar-refractivity contribution in [3.63, 3.8) is 0 Å². The Bertz CT molecular complexity index is 780. The van der Waals surface area contributed by atoms with E-state index in [0.717, 1.165) is 28.6 Å². The summed E-state index contributed by atoms with van der Waals surface area (Å²) in [4.78, 5) is 19.1. The van der Waals surface area contributed by atoms with Gasteiger partial charge >= 0.3 is 0 Å². The summed E-state index contributed by atoms with van der Waals surface area (Å²) in [6.45, 7) is 0.569. The van der Waals surface area contributed by atoms with Crippen molar-refractivity contribution in [2.45, 2.75) is 12.8 Å². The largest absolute Gasteiger partial charge is 0.355 e. The van der Waals surface area contributed by atoms with Crippen LogP contribution in [0.2, 0.25) is 0 Å². The molecule has 0 bridgehead atoms. The molecule has 0 saturated carbocycles. The van der Waals surface area contributed by atoms with Crippen LogP contribution in [-0.4, -0.2) is 22.4 Å². The minimum atomic E-state index is -0.293. The van der Waals surface area contributed by atoms with Crippen LogP contribution in [0.5, 0.6) is 0 Å². The van der Waals surface area contributed by atoms with E-state index >= 15 is 0 Å². The lowest BCUT2D eigenvalue weighted by molar-refractivity contribution is -0.120. The van der Waals surface area contributed by atoms with Crippen molar-refractivity contribution in [2.24, 2.45) is 0 Å². The normalized spacial score (nSPS) is 10.8. The first kappa shape index (κ1) is 14.3. The number of hydrogen-bond donors (Lipinski definition) is 2. The summed E-state index contributed by atoms with van der Waals surface area (Å²) >= 11 is 0. The Morgan fingerprint density at radius 3 is 2.73 bits per heavy atom. The molecule has 2 N–H and O–H groups in total. The first-order valence-corrected chi connectivity index (χ1v) is 7.14. The fourth-order valence-electron chi connectivity index (χ4n) is 2.33. The highest BCUT2D eigenvalue weighted by Crippen LogP contribution is 2.11. The third-order valence-corrected chi connectivity index (χ3v) is 3.50. The molecule has 3 aromatic rings. The number of H-pyrrole nitrogens is 1. The van der Waals surface area contributed by atoms with Crippen LogP contribution in [0.3, 0.4) is 0 Å². The van der Waals surface area contributed by atoms with Gasteiger partial charge < -0.3 is 10.3 Å². The molecule has 5 heteroatoms. The third-order valence-electron chi connectivity index (χ3n) is 3.50. The van der Waals surface area contributed by atoms with Gasteiger partial charge in [0.05, 0.1) is 23.8 Å². The summed E-state index contributed by atoms with van der Waals surface area (Å²) in [5.41, 5.74) is 3.87. The van der Waals surface area contributed by atoms with Gasteiger partial charge in [0.1, 0.15) is 5.82 Å². The molecule has 1 heterocycles. The van der Waals surface area contributed by atoms with Crippen molar-refractivity contribution in [3.05, 3.63) is 65.7 Å². The number of carbonyl (C=O) groups excluding carboxylic acids is 1. The molecular weight excluding hydrogens is 281 g/mol. The van der Waals surface area contributed by atoms with Gasteiger partial charge in [0, 0.05) is 6.54 Å². The van der Waals surface area contributed by atoms with Gasteiger partial charge in [-0.15, -0.1) is 0 Å². The molecule has 4 nitrogen and oxygen atoms in total. The monoisotopic (exact) mass is 297 g/mol. The zero-order valence-corrected chi connectivity index (χ0v) is 12.0. The summed E-state index contributed by atoms with van der Waals surface area (Å²) in [5, 5.41) is 2.88. The van der Waals surface area contributed by atoms with E-state index in [1.807, 2.05) is 18.2 Å². The van der Waals surface area contributed by atoms with Crippen LogP contribution < -0.4 is 5.32 Å². The Hall–Kier alpha value is -2.69. The Morgan fingerprint density at radius 2 is 1.91 bits per heavy atom. The van der Waals surface area contributed by atoms with Gasteiger partial charge in [-0.05, 0) is 41.8 Å². The maximum atomic E-state index is 12.8. The summed E-state index contributed by atoms with van der Waals surface area (Å²) in [6.07, 6.45) is 2.68. The van der Waals surface area contributed by atoms with E-state index in [4.69, 9.17) is 0 Å². The Labute approximate surface area is 127 Å². The zero-order valence-electron chi connectivity index (χ0n) is 12.0. The number of imidazole rings is 1. The van der Waals surface area contributed by atoms with Gasteiger partial charge in [0.15, 0.2) is 0 Å². The van der Waals surface area contributed by atoms with E-state index in [0.29, 0.717) is 6.54 Å². The number of aromatic amines is 1. The Balaban J connectivity index is 1.49. The summed E-state index contributed by atoms with van der Waals surface area (Å²) in [5.74, 6) is -0.354. The predicted molar refractivity (Wildman–Crippen MR) is 82.9 cm³/mol. The van der Waals surface area contributed by atoms with Gasteiger partial charge in [-0.1, -0.05) is 18.2 Å². The number of rotatable bonds is 5. The van der Waals surface area contributed by atoms with E-state index < -0.39 is 0 Å². The number of benzene rings is 2. The lowest BCUT2D eigenvalue weighted by atomic mass is 10.1. The van der Waals surface area contributed by atoms with Gasteiger partial charge in [0.2, 0.25) is 5.91 Å². The van der Waals surface area contributed by atoms with E-state index in [1.54, 1.807) is 18.5 Å². The molecule has 1 aromatic heterocycles. The van der Waals surface area contributed by atoms with Crippen LogP contribution in [0.1, 0.15) is 11.1 Å². The van der Waals surface area contributed by atoms with Crippen LogP contribution in [0.25, 0.3) is 11.0 Å². The molecule has 0 atom stereocenters. The predicted octanol–water partition coefficient (Wildman–Crippen LogP) is 2.60. The number of nitrogens with one attached hydrogen (secondary N) is 2. The first-order valence-electron chi connectivity index (χ1n) is 7.14. The molecule has 112 valence electrons. The standard InChI is InChI=1S/C17H16FN3O/c18-14-4-1-12(2-5-14)10-17(22)19-8-7-13-3-6-15-16(9-13)21-11-20-15/h1-6,9,11H,7-8,10H2,(H,19,22)(H,20,21). The molecule has 0 spiro atoms. The first-order chi connectivity index (χ1) is 10.7. The number of halogens is 1. The van der Waals surface area contributed by atoms with Crippen molar-refractivity contribution < 1.29 is 9.18 Å². The second kappa shape index (κ2) is 6.39. The molecule has 3 rings (SSSR count). The molecule has 0 aliphatic heterocycles. The molecule has 0 unspecified atom stereocenters. The highest BCUT2D eigenvalue weighted by Gasteiger charge is 2.04. The fraction of sp³-hybridized carbons (Fsp3) is 0.176. The number of fused-ring (bicyclic) bond motifs is 1. The SMILES string of the molecule is O=C(Cc1ccc(F)cc1)NCCc1ccc2nc[nH]c2c1. The number of nitrogens with zero attached hydrogens (tertiary/aromatic N) is 1. The average molecular weight is 297 g/mol. The lowest BCUT2D eigenvalue weighted by Gasteiger charge is -2.06. The number of hydrogen-bond acceptors (Lipinski definition) is 2. The molecule has 0 fully saturated rings. The zero-order chi connectivity index (χ0) is 15.4. The third kappa shape index (κ3) is 3.49. The van der Waals surface area contributed by atoms with Gasteiger partial charge in [-0.2, -0.15) is 0 Å². The molecule has 1 amide bonds. The van der Waals surface area contributed by atoms with Gasteiger partial charge in [-0.3, -0.25) is 4.79 Å². The van der Waals surface area contributed by atoms with Gasteiger partial charge in [-0.25, -0.2) is 9.37 Å². The van der Waals surface area contributed by atoms with Crippen LogP contribution in [0, 0.1) is 5.82 Å². The molecule has 0 saturated heterocycles. The Kier molecular flexibility index (Phi) is 4.14. The van der Waals surface area contributed by atoms with Crippen molar-refractivity contribution in [3.8, 4) is 0 Å². The summed E-state index contributed by atoms with van der Waals surface area (Å²) in [6, 6.07) is 12.0. The van der Waals surface area contributed by atoms with Crippen LogP contribution in [0.4, 0.5) is 4.39 Å². The minimum Gasteiger partial charge on any atom is -0.355 e.